The molecule has 0 spiro atoms. The standard InChI is InChI=1S/C25H27ClN4O3/c1-27-23-8-7-21(14-22(23)26)33-20-5-3-19(4-6-20)29-25(32)18-2-9-24(28-15-18)30-12-10-17(16-31)11-13-30/h2,7-9,14-17,19-20H,3-6,10-13H2,(H,29,32). The number of carbonyl (C=O) groups is 2. The van der Waals surface area contributed by atoms with Crippen LogP contribution in [0, 0.1) is 12.5 Å². The molecule has 0 bridgehead atoms. The van der Waals surface area contributed by atoms with Crippen molar-refractivity contribution in [3.63, 3.8) is 0 Å². The summed E-state index contributed by atoms with van der Waals surface area (Å²) in [5.74, 6) is 1.55. The third-order valence-corrected chi connectivity index (χ3v) is 6.72. The Bertz CT molecular complexity index is 1020. The van der Waals surface area contributed by atoms with Crippen molar-refractivity contribution < 1.29 is 14.3 Å². The lowest BCUT2D eigenvalue weighted by atomic mass is 9.92. The van der Waals surface area contributed by atoms with Gasteiger partial charge < -0.3 is 19.7 Å². The quantitative estimate of drug-likeness (QED) is 0.488. The number of aldehydes is 1. The van der Waals surface area contributed by atoms with Crippen molar-refractivity contribution in [3.05, 3.63) is 58.5 Å². The summed E-state index contributed by atoms with van der Waals surface area (Å²) >= 11 is 6.09. The molecule has 8 heteroatoms. The van der Waals surface area contributed by atoms with Crippen molar-refractivity contribution in [3.8, 4) is 5.75 Å². The van der Waals surface area contributed by atoms with Crippen LogP contribution in [-0.4, -0.2) is 42.4 Å². The number of anilines is 1. The van der Waals surface area contributed by atoms with Gasteiger partial charge in [-0.1, -0.05) is 17.7 Å². The van der Waals surface area contributed by atoms with Gasteiger partial charge >= 0.3 is 0 Å². The Labute approximate surface area is 198 Å². The van der Waals surface area contributed by atoms with E-state index in [1.54, 1.807) is 24.4 Å². The first-order chi connectivity index (χ1) is 16.1. The number of rotatable bonds is 6. The number of pyridine rings is 1. The Hall–Kier alpha value is -3.11. The Morgan fingerprint density at radius 1 is 1.15 bits per heavy atom. The third-order valence-electron chi connectivity index (χ3n) is 6.42. The second-order valence-electron chi connectivity index (χ2n) is 8.66. The van der Waals surface area contributed by atoms with Crippen LogP contribution in [-0.2, 0) is 4.79 Å². The Balaban J connectivity index is 1.24. The highest BCUT2D eigenvalue weighted by atomic mass is 35.5. The van der Waals surface area contributed by atoms with Crippen LogP contribution in [0.15, 0.2) is 36.5 Å². The highest BCUT2D eigenvalue weighted by molar-refractivity contribution is 6.33. The molecule has 4 rings (SSSR count). The summed E-state index contributed by atoms with van der Waals surface area (Å²) in [6.07, 6.45) is 7.77. The first kappa shape index (κ1) is 23.1. The van der Waals surface area contributed by atoms with E-state index < -0.39 is 0 Å². The molecule has 2 aromatic rings. The van der Waals surface area contributed by atoms with Gasteiger partial charge in [0.15, 0.2) is 0 Å². The Morgan fingerprint density at radius 3 is 2.52 bits per heavy atom. The fourth-order valence-electron chi connectivity index (χ4n) is 4.41. The molecule has 1 aromatic heterocycles. The minimum absolute atomic E-state index is 0.0670. The second-order valence-corrected chi connectivity index (χ2v) is 9.06. The molecule has 1 aliphatic heterocycles. The number of halogens is 1. The molecule has 0 unspecified atom stereocenters. The fraction of sp³-hybridized carbons (Fsp3) is 0.440. The predicted octanol–water partition coefficient (Wildman–Crippen LogP) is 4.82. The van der Waals surface area contributed by atoms with Gasteiger partial charge in [-0.3, -0.25) is 4.79 Å². The van der Waals surface area contributed by atoms with Gasteiger partial charge in [0.05, 0.1) is 23.3 Å². The number of ether oxygens (including phenoxy) is 1. The zero-order valence-corrected chi connectivity index (χ0v) is 19.1. The molecule has 1 aliphatic carbocycles. The molecule has 33 heavy (non-hydrogen) atoms. The van der Waals surface area contributed by atoms with E-state index in [9.17, 15) is 9.59 Å². The number of carbonyl (C=O) groups excluding carboxylic acids is 2. The molecule has 1 saturated carbocycles. The number of amides is 1. The largest absolute Gasteiger partial charge is 0.490 e. The zero-order valence-electron chi connectivity index (χ0n) is 18.4. The zero-order chi connectivity index (χ0) is 23.2. The number of nitrogens with one attached hydrogen (secondary N) is 1. The third kappa shape index (κ3) is 5.82. The lowest BCUT2D eigenvalue weighted by Gasteiger charge is -2.31. The van der Waals surface area contributed by atoms with Gasteiger partial charge in [0.25, 0.3) is 5.91 Å². The molecule has 172 valence electrons. The number of hydrogen-bond acceptors (Lipinski definition) is 5. The van der Waals surface area contributed by atoms with Crippen LogP contribution in [0.1, 0.15) is 48.9 Å². The van der Waals surface area contributed by atoms with Crippen LogP contribution in [0.3, 0.4) is 0 Å². The minimum atomic E-state index is -0.111. The summed E-state index contributed by atoms with van der Waals surface area (Å²) in [6, 6.07) is 8.92. The topological polar surface area (TPSA) is 75.9 Å². The maximum atomic E-state index is 12.7. The highest BCUT2D eigenvalue weighted by Crippen LogP contribution is 2.31. The van der Waals surface area contributed by atoms with Crippen molar-refractivity contribution in [1.82, 2.24) is 10.3 Å². The summed E-state index contributed by atoms with van der Waals surface area (Å²) < 4.78 is 6.02. The first-order valence-corrected chi connectivity index (χ1v) is 11.7. The Kier molecular flexibility index (Phi) is 7.46. The lowest BCUT2D eigenvalue weighted by Crippen LogP contribution is -2.39. The molecule has 1 amide bonds. The SMILES string of the molecule is [C-]#[N+]c1ccc(OC2CCC(NC(=O)c3ccc(N4CCC(C=O)CC4)nc3)CC2)cc1Cl. The molecule has 1 N–H and O–H groups in total. The molecule has 2 heterocycles. The van der Waals surface area contributed by atoms with Crippen LogP contribution in [0.5, 0.6) is 5.75 Å². The molecular weight excluding hydrogens is 440 g/mol. The molecule has 0 radical (unpaired) electrons. The number of aromatic nitrogens is 1. The van der Waals surface area contributed by atoms with Crippen LogP contribution in [0.4, 0.5) is 11.5 Å². The number of hydrogen-bond donors (Lipinski definition) is 1. The number of piperidine rings is 1. The van der Waals surface area contributed by atoms with Gasteiger partial charge in [0, 0.05) is 31.2 Å². The molecule has 1 saturated heterocycles. The lowest BCUT2D eigenvalue weighted by molar-refractivity contribution is -0.111. The molecule has 2 fully saturated rings. The number of nitrogens with zero attached hydrogens (tertiary/aromatic N) is 3. The maximum Gasteiger partial charge on any atom is 0.253 e. The van der Waals surface area contributed by atoms with E-state index >= 15 is 0 Å². The second kappa shape index (κ2) is 10.7. The molecule has 0 atom stereocenters. The van der Waals surface area contributed by atoms with E-state index in [2.05, 4.69) is 20.0 Å². The average Bonchev–Trinajstić information content (AvgIpc) is 2.85. The van der Waals surface area contributed by atoms with Crippen molar-refractivity contribution in [2.75, 3.05) is 18.0 Å². The van der Waals surface area contributed by atoms with E-state index in [-0.39, 0.29) is 24.0 Å². The highest BCUT2D eigenvalue weighted by Gasteiger charge is 2.25. The van der Waals surface area contributed by atoms with Crippen LogP contribution in [0.2, 0.25) is 5.02 Å². The summed E-state index contributed by atoms with van der Waals surface area (Å²) in [5.41, 5.74) is 0.967. The molecule has 2 aliphatic rings. The van der Waals surface area contributed by atoms with Crippen molar-refractivity contribution in [1.29, 1.82) is 0 Å². The van der Waals surface area contributed by atoms with Gasteiger partial charge in [-0.15, -0.1) is 0 Å². The van der Waals surface area contributed by atoms with Crippen molar-refractivity contribution in [2.24, 2.45) is 5.92 Å². The maximum absolute atomic E-state index is 12.7. The molecule has 7 nitrogen and oxygen atoms in total. The predicted molar refractivity (Wildman–Crippen MR) is 127 cm³/mol. The first-order valence-electron chi connectivity index (χ1n) is 11.4. The molecular formula is C25H27ClN4O3. The minimum Gasteiger partial charge on any atom is -0.490 e. The summed E-state index contributed by atoms with van der Waals surface area (Å²) in [4.78, 5) is 33.6. The normalized spacial score (nSPS) is 21.2. The van der Waals surface area contributed by atoms with E-state index in [0.717, 1.165) is 63.7 Å². The summed E-state index contributed by atoms with van der Waals surface area (Å²) in [5, 5.41) is 3.51. The van der Waals surface area contributed by atoms with E-state index in [0.29, 0.717) is 22.0 Å². The smallest absolute Gasteiger partial charge is 0.253 e. The van der Waals surface area contributed by atoms with Crippen LogP contribution < -0.4 is 15.0 Å². The van der Waals surface area contributed by atoms with E-state index in [1.165, 1.54) is 0 Å². The monoisotopic (exact) mass is 466 g/mol. The van der Waals surface area contributed by atoms with Crippen LogP contribution in [0.25, 0.3) is 4.85 Å². The average molecular weight is 467 g/mol. The van der Waals surface area contributed by atoms with Gasteiger partial charge in [-0.25, -0.2) is 9.83 Å². The number of benzene rings is 1. The summed E-state index contributed by atoms with van der Waals surface area (Å²) in [7, 11) is 0. The Morgan fingerprint density at radius 2 is 1.91 bits per heavy atom. The van der Waals surface area contributed by atoms with Gasteiger partial charge in [-0.2, -0.15) is 0 Å². The molecule has 1 aromatic carbocycles. The van der Waals surface area contributed by atoms with Crippen LogP contribution >= 0.6 is 11.6 Å². The van der Waals surface area contributed by atoms with Gasteiger partial charge in [-0.05, 0) is 62.8 Å². The van der Waals surface area contributed by atoms with Crippen molar-refractivity contribution >= 4 is 35.3 Å². The van der Waals surface area contributed by atoms with Gasteiger partial charge in [0.1, 0.15) is 17.9 Å². The van der Waals surface area contributed by atoms with E-state index in [1.807, 2.05) is 12.1 Å². The van der Waals surface area contributed by atoms with Crippen molar-refractivity contribution in [2.45, 2.75) is 50.7 Å². The summed E-state index contributed by atoms with van der Waals surface area (Å²) in [6.45, 7) is 8.68. The van der Waals surface area contributed by atoms with E-state index in [4.69, 9.17) is 22.9 Å². The van der Waals surface area contributed by atoms with Gasteiger partial charge in [0.2, 0.25) is 5.69 Å². The fourth-order valence-corrected chi connectivity index (χ4v) is 4.62.